The first-order chi connectivity index (χ1) is 7.19. The molecule has 15 heavy (non-hydrogen) atoms. The first-order valence-electron chi connectivity index (χ1n) is 4.61. The molecular weight excluding hydrogens is 199 g/mol. The van der Waals surface area contributed by atoms with Crippen molar-refractivity contribution in [3.8, 4) is 0 Å². The van der Waals surface area contributed by atoms with Crippen LogP contribution in [-0.2, 0) is 19.7 Å². The summed E-state index contributed by atoms with van der Waals surface area (Å²) in [5, 5.41) is 0. The highest BCUT2D eigenvalue weighted by molar-refractivity contribution is 5.84. The summed E-state index contributed by atoms with van der Waals surface area (Å²) in [6.07, 6.45) is 0. The van der Waals surface area contributed by atoms with E-state index in [-0.39, 0.29) is 11.8 Å². The second kappa shape index (κ2) is 3.62. The lowest BCUT2D eigenvalue weighted by Crippen LogP contribution is -2.53. The van der Waals surface area contributed by atoms with Gasteiger partial charge in [0, 0.05) is 0 Å². The molecule has 0 saturated carbocycles. The van der Waals surface area contributed by atoms with Crippen LogP contribution < -0.4 is 0 Å². The maximum absolute atomic E-state index is 12.7. The highest BCUT2D eigenvalue weighted by Crippen LogP contribution is 2.33. The fourth-order valence-electron chi connectivity index (χ4n) is 1.67. The molecule has 2 rings (SSSR count). The van der Waals surface area contributed by atoms with Gasteiger partial charge in [0.25, 0.3) is 0 Å². The zero-order valence-corrected chi connectivity index (χ0v) is 8.33. The van der Waals surface area contributed by atoms with Crippen LogP contribution in [0.5, 0.6) is 0 Å². The van der Waals surface area contributed by atoms with E-state index in [0.29, 0.717) is 13.2 Å². The molecule has 1 aromatic rings. The van der Waals surface area contributed by atoms with Crippen molar-refractivity contribution in [2.24, 2.45) is 0 Å². The van der Waals surface area contributed by atoms with Crippen LogP contribution >= 0.6 is 0 Å². The van der Waals surface area contributed by atoms with Gasteiger partial charge in [-0.1, -0.05) is 12.1 Å². The van der Waals surface area contributed by atoms with E-state index < -0.39 is 5.41 Å². The molecule has 1 heterocycles. The summed E-state index contributed by atoms with van der Waals surface area (Å²) in [6, 6.07) is 5.85. The van der Waals surface area contributed by atoms with Crippen LogP contribution in [-0.4, -0.2) is 26.3 Å². The van der Waals surface area contributed by atoms with Gasteiger partial charge in [-0.05, 0) is 17.7 Å². The molecule has 0 aromatic heterocycles. The molecule has 0 bridgehead atoms. The number of rotatable bonds is 2. The molecule has 1 saturated heterocycles. The minimum absolute atomic E-state index is 0.297. The van der Waals surface area contributed by atoms with Crippen molar-refractivity contribution in [2.45, 2.75) is 5.41 Å². The maximum Gasteiger partial charge on any atom is 0.321 e. The molecule has 1 aliphatic heterocycles. The third kappa shape index (κ3) is 1.51. The molecule has 1 aliphatic rings. The van der Waals surface area contributed by atoms with E-state index in [0.717, 1.165) is 5.56 Å². The summed E-state index contributed by atoms with van der Waals surface area (Å²) >= 11 is 0. The van der Waals surface area contributed by atoms with Gasteiger partial charge in [0.15, 0.2) is 0 Å². The predicted octanol–water partition coefficient (Wildman–Crippen LogP) is 1.27. The number of halogens is 1. The van der Waals surface area contributed by atoms with Crippen molar-refractivity contribution in [1.82, 2.24) is 0 Å². The van der Waals surface area contributed by atoms with Gasteiger partial charge in [0.2, 0.25) is 0 Å². The summed E-state index contributed by atoms with van der Waals surface area (Å²) in [7, 11) is 1.34. The summed E-state index contributed by atoms with van der Waals surface area (Å²) in [5.74, 6) is -0.653. The number of carbonyl (C=O) groups excluding carboxylic acids is 1. The number of methoxy groups -OCH3 is 1. The third-order valence-electron chi connectivity index (χ3n) is 2.67. The quantitative estimate of drug-likeness (QED) is 0.689. The SMILES string of the molecule is COC(=O)C1(c2ccc(F)cc2)COC1. The van der Waals surface area contributed by atoms with Crippen LogP contribution in [0.4, 0.5) is 4.39 Å². The number of esters is 1. The van der Waals surface area contributed by atoms with Gasteiger partial charge in [-0.15, -0.1) is 0 Å². The Morgan fingerprint density at radius 1 is 1.40 bits per heavy atom. The van der Waals surface area contributed by atoms with Crippen LogP contribution in [0, 0.1) is 5.82 Å². The fourth-order valence-corrected chi connectivity index (χ4v) is 1.67. The highest BCUT2D eigenvalue weighted by Gasteiger charge is 2.48. The first kappa shape index (κ1) is 10.1. The Morgan fingerprint density at radius 3 is 2.40 bits per heavy atom. The zero-order valence-electron chi connectivity index (χ0n) is 8.33. The maximum atomic E-state index is 12.7. The smallest absolute Gasteiger partial charge is 0.321 e. The summed E-state index contributed by atoms with van der Waals surface area (Å²) in [5.41, 5.74) is 0.00428. The summed E-state index contributed by atoms with van der Waals surface area (Å²) in [6.45, 7) is 0.594. The summed E-state index contributed by atoms with van der Waals surface area (Å²) in [4.78, 5) is 11.6. The van der Waals surface area contributed by atoms with Gasteiger partial charge in [-0.3, -0.25) is 4.79 Å². The first-order valence-corrected chi connectivity index (χ1v) is 4.61. The minimum atomic E-state index is -0.734. The van der Waals surface area contributed by atoms with Crippen molar-refractivity contribution in [2.75, 3.05) is 20.3 Å². The van der Waals surface area contributed by atoms with E-state index >= 15 is 0 Å². The summed E-state index contributed by atoms with van der Waals surface area (Å²) < 4.78 is 22.5. The van der Waals surface area contributed by atoms with Crippen molar-refractivity contribution in [3.05, 3.63) is 35.6 Å². The molecule has 3 nitrogen and oxygen atoms in total. The Bertz CT molecular complexity index is 368. The average Bonchev–Trinajstić information content (AvgIpc) is 2.19. The number of carbonyl (C=O) groups is 1. The largest absolute Gasteiger partial charge is 0.468 e. The minimum Gasteiger partial charge on any atom is -0.468 e. The standard InChI is InChI=1S/C11H11FO3/c1-14-10(13)11(6-15-7-11)8-2-4-9(12)5-3-8/h2-5H,6-7H2,1H3. The number of ether oxygens (including phenoxy) is 2. The van der Waals surface area contributed by atoms with Crippen LogP contribution in [0.2, 0.25) is 0 Å². The normalized spacial score (nSPS) is 18.0. The van der Waals surface area contributed by atoms with E-state index in [4.69, 9.17) is 9.47 Å². The second-order valence-electron chi connectivity index (χ2n) is 3.57. The van der Waals surface area contributed by atoms with Gasteiger partial charge in [-0.2, -0.15) is 0 Å². The predicted molar refractivity (Wildman–Crippen MR) is 50.9 cm³/mol. The van der Waals surface area contributed by atoms with Crippen molar-refractivity contribution < 1.29 is 18.7 Å². The van der Waals surface area contributed by atoms with E-state index in [2.05, 4.69) is 0 Å². The molecule has 80 valence electrons. The molecule has 4 heteroatoms. The van der Waals surface area contributed by atoms with Crippen LogP contribution in [0.25, 0.3) is 0 Å². The van der Waals surface area contributed by atoms with Gasteiger partial charge in [0.1, 0.15) is 11.2 Å². The van der Waals surface area contributed by atoms with E-state index in [1.54, 1.807) is 12.1 Å². The fraction of sp³-hybridized carbons (Fsp3) is 0.364. The van der Waals surface area contributed by atoms with Crippen LogP contribution in [0.1, 0.15) is 5.56 Å². The lowest BCUT2D eigenvalue weighted by molar-refractivity contribution is -0.166. The number of benzene rings is 1. The molecule has 0 N–H and O–H groups in total. The molecular formula is C11H11FO3. The van der Waals surface area contributed by atoms with E-state index in [1.165, 1.54) is 19.2 Å². The van der Waals surface area contributed by atoms with Crippen molar-refractivity contribution in [3.63, 3.8) is 0 Å². The van der Waals surface area contributed by atoms with Gasteiger partial charge < -0.3 is 9.47 Å². The Kier molecular flexibility index (Phi) is 2.44. The Balaban J connectivity index is 2.34. The molecule has 0 aliphatic carbocycles. The zero-order chi connectivity index (χ0) is 10.9. The van der Waals surface area contributed by atoms with Gasteiger partial charge in [0.05, 0.1) is 20.3 Å². The average molecular weight is 210 g/mol. The topological polar surface area (TPSA) is 35.5 Å². The highest BCUT2D eigenvalue weighted by atomic mass is 19.1. The van der Waals surface area contributed by atoms with Crippen molar-refractivity contribution in [1.29, 1.82) is 0 Å². The molecule has 1 aromatic carbocycles. The molecule has 0 atom stereocenters. The molecule has 1 fully saturated rings. The Hall–Kier alpha value is -1.42. The van der Waals surface area contributed by atoms with Gasteiger partial charge >= 0.3 is 5.97 Å². The monoisotopic (exact) mass is 210 g/mol. The molecule has 0 unspecified atom stereocenters. The van der Waals surface area contributed by atoms with Gasteiger partial charge in [-0.25, -0.2) is 4.39 Å². The van der Waals surface area contributed by atoms with Crippen LogP contribution in [0.3, 0.4) is 0 Å². The Labute approximate surface area is 86.8 Å². The van der Waals surface area contributed by atoms with E-state index in [9.17, 15) is 9.18 Å². The van der Waals surface area contributed by atoms with Crippen molar-refractivity contribution >= 4 is 5.97 Å². The lowest BCUT2D eigenvalue weighted by atomic mass is 9.79. The molecule has 0 amide bonds. The second-order valence-corrected chi connectivity index (χ2v) is 3.57. The molecule has 0 spiro atoms. The number of hydrogen-bond acceptors (Lipinski definition) is 3. The van der Waals surface area contributed by atoms with Crippen LogP contribution in [0.15, 0.2) is 24.3 Å². The van der Waals surface area contributed by atoms with E-state index in [1.807, 2.05) is 0 Å². The number of hydrogen-bond donors (Lipinski definition) is 0. The third-order valence-corrected chi connectivity index (χ3v) is 2.67. The Morgan fingerprint density at radius 2 is 2.00 bits per heavy atom. The molecule has 0 radical (unpaired) electrons. The lowest BCUT2D eigenvalue weighted by Gasteiger charge is -2.38.